The minimum Gasteiger partial charge on any atom is -0.511 e. The normalized spacial score (nSPS) is 42.4. The van der Waals surface area contributed by atoms with Gasteiger partial charge in [-0.15, -0.1) is 0 Å². The highest BCUT2D eigenvalue weighted by Crippen LogP contribution is 2.67. The Kier molecular flexibility index (Phi) is 5.69. The van der Waals surface area contributed by atoms with Crippen LogP contribution in [0.1, 0.15) is 86.5 Å². The van der Waals surface area contributed by atoms with E-state index in [1.165, 1.54) is 38.5 Å². The Hall–Kier alpha value is -1.18. The molecule has 4 rings (SSSR count). The SMILES string of the molecule is CC(C)[C@@H](C)CC[C@@H](C)[C@H]1CC[C@H]2[C@@H]3CC=C4C=C(O)C=C(O)[C@]4(C)[C@H]3CC[C@]12C. The average molecular weight is 413 g/mol. The Balaban J connectivity index is 1.54. The van der Waals surface area contributed by atoms with Crippen molar-refractivity contribution in [3.8, 4) is 0 Å². The van der Waals surface area contributed by atoms with Crippen molar-refractivity contribution in [1.82, 2.24) is 0 Å². The molecule has 4 aliphatic carbocycles. The third kappa shape index (κ3) is 3.28. The average Bonchev–Trinajstić information content (AvgIpc) is 3.04. The van der Waals surface area contributed by atoms with Crippen LogP contribution in [-0.2, 0) is 0 Å². The van der Waals surface area contributed by atoms with Gasteiger partial charge in [-0.25, -0.2) is 0 Å². The molecule has 0 radical (unpaired) electrons. The molecule has 2 saturated carbocycles. The van der Waals surface area contributed by atoms with Gasteiger partial charge in [0.25, 0.3) is 0 Å². The molecule has 0 spiro atoms. The summed E-state index contributed by atoms with van der Waals surface area (Å²) in [5.41, 5.74) is 1.28. The van der Waals surface area contributed by atoms with Crippen molar-refractivity contribution in [2.24, 2.45) is 52.3 Å². The molecule has 4 aliphatic rings. The van der Waals surface area contributed by atoms with Gasteiger partial charge in [0.1, 0.15) is 11.5 Å². The van der Waals surface area contributed by atoms with Crippen LogP contribution in [0.4, 0.5) is 0 Å². The van der Waals surface area contributed by atoms with Gasteiger partial charge in [0.05, 0.1) is 5.41 Å². The monoisotopic (exact) mass is 412 g/mol. The second kappa shape index (κ2) is 7.75. The maximum atomic E-state index is 10.9. The zero-order chi connectivity index (χ0) is 21.8. The van der Waals surface area contributed by atoms with Crippen LogP contribution in [-0.4, -0.2) is 10.2 Å². The molecule has 0 aromatic carbocycles. The number of hydrogen-bond acceptors (Lipinski definition) is 2. The van der Waals surface area contributed by atoms with E-state index in [4.69, 9.17) is 0 Å². The maximum absolute atomic E-state index is 10.9. The molecule has 0 amide bonds. The lowest BCUT2D eigenvalue weighted by Crippen LogP contribution is -2.50. The molecule has 0 aliphatic heterocycles. The first-order chi connectivity index (χ1) is 14.1. The van der Waals surface area contributed by atoms with E-state index in [1.807, 2.05) is 6.08 Å². The summed E-state index contributed by atoms with van der Waals surface area (Å²) in [6.07, 6.45) is 14.9. The summed E-state index contributed by atoms with van der Waals surface area (Å²) in [6.45, 7) is 14.5. The Labute approximate surface area is 184 Å². The van der Waals surface area contributed by atoms with Crippen molar-refractivity contribution >= 4 is 0 Å². The van der Waals surface area contributed by atoms with Crippen LogP contribution in [0.2, 0.25) is 0 Å². The number of allylic oxidation sites excluding steroid dienone is 4. The van der Waals surface area contributed by atoms with Gasteiger partial charge < -0.3 is 10.2 Å². The van der Waals surface area contributed by atoms with E-state index in [-0.39, 0.29) is 11.2 Å². The van der Waals surface area contributed by atoms with Crippen molar-refractivity contribution in [3.63, 3.8) is 0 Å². The van der Waals surface area contributed by atoms with Crippen molar-refractivity contribution < 1.29 is 10.2 Å². The number of aliphatic hydroxyl groups excluding tert-OH is 2. The highest BCUT2D eigenvalue weighted by atomic mass is 16.3. The van der Waals surface area contributed by atoms with E-state index in [2.05, 4.69) is 47.6 Å². The standard InChI is InChI=1S/C28H44O2/c1-17(2)18(3)7-8-19(4)23-11-12-24-22-10-9-20-15-21(29)16-26(30)28(20,6)25(22)13-14-27(23,24)5/h9,15-19,22-25,29-30H,7-8,10-14H2,1-6H3/t18-,19+,22-,23+,24-,25-,27+,28-/m0/s1. The van der Waals surface area contributed by atoms with Gasteiger partial charge in [0, 0.05) is 6.08 Å². The minimum absolute atomic E-state index is 0.195. The Bertz CT molecular complexity index is 759. The second-order valence-electron chi connectivity index (χ2n) is 12.1. The van der Waals surface area contributed by atoms with Crippen LogP contribution < -0.4 is 0 Å². The second-order valence-corrected chi connectivity index (χ2v) is 12.1. The largest absolute Gasteiger partial charge is 0.511 e. The molecule has 0 aromatic rings. The predicted molar refractivity (Wildman–Crippen MR) is 125 cm³/mol. The van der Waals surface area contributed by atoms with E-state index >= 15 is 0 Å². The molecule has 2 heteroatoms. The molecule has 0 heterocycles. The Morgan fingerprint density at radius 1 is 0.967 bits per heavy atom. The lowest BCUT2D eigenvalue weighted by Gasteiger charge is -2.56. The zero-order valence-electron chi connectivity index (χ0n) is 20.1. The van der Waals surface area contributed by atoms with Gasteiger partial charge in [-0.2, -0.15) is 0 Å². The number of aliphatic hydroxyl groups is 2. The summed E-state index contributed by atoms with van der Waals surface area (Å²) in [5.74, 6) is 5.76. The van der Waals surface area contributed by atoms with Crippen LogP contribution in [0.3, 0.4) is 0 Å². The zero-order valence-corrected chi connectivity index (χ0v) is 20.1. The van der Waals surface area contributed by atoms with Gasteiger partial charge in [-0.3, -0.25) is 0 Å². The molecule has 0 bridgehead atoms. The smallest absolute Gasteiger partial charge is 0.119 e. The maximum Gasteiger partial charge on any atom is 0.119 e. The molecule has 0 aromatic heterocycles. The first-order valence-corrected chi connectivity index (χ1v) is 12.6. The van der Waals surface area contributed by atoms with Crippen LogP contribution in [0.5, 0.6) is 0 Å². The summed E-state index contributed by atoms with van der Waals surface area (Å²) in [6, 6.07) is 0. The molecule has 2 nitrogen and oxygen atoms in total. The summed E-state index contributed by atoms with van der Waals surface area (Å²) in [5, 5.41) is 20.9. The van der Waals surface area contributed by atoms with Crippen LogP contribution >= 0.6 is 0 Å². The quantitative estimate of drug-likeness (QED) is 0.480. The molecule has 8 atom stereocenters. The predicted octanol–water partition coefficient (Wildman–Crippen LogP) is 7.99. The van der Waals surface area contributed by atoms with Crippen LogP contribution in [0.25, 0.3) is 0 Å². The third-order valence-electron chi connectivity index (χ3n) is 10.5. The van der Waals surface area contributed by atoms with Gasteiger partial charge >= 0.3 is 0 Å². The van der Waals surface area contributed by atoms with Crippen LogP contribution in [0, 0.1) is 52.3 Å². The number of hydrogen-bond donors (Lipinski definition) is 2. The van der Waals surface area contributed by atoms with Gasteiger partial charge in [0.15, 0.2) is 0 Å². The van der Waals surface area contributed by atoms with E-state index in [0.29, 0.717) is 23.0 Å². The summed E-state index contributed by atoms with van der Waals surface area (Å²) in [4.78, 5) is 0. The number of fused-ring (bicyclic) bond motifs is 5. The topological polar surface area (TPSA) is 40.5 Å². The van der Waals surface area contributed by atoms with Crippen molar-refractivity contribution in [2.75, 3.05) is 0 Å². The molecule has 0 unspecified atom stereocenters. The lowest BCUT2D eigenvalue weighted by atomic mass is 9.48. The van der Waals surface area contributed by atoms with E-state index in [0.717, 1.165) is 41.6 Å². The van der Waals surface area contributed by atoms with Gasteiger partial charge in [0.2, 0.25) is 0 Å². The fourth-order valence-corrected chi connectivity index (χ4v) is 8.10. The highest BCUT2D eigenvalue weighted by Gasteiger charge is 2.59. The van der Waals surface area contributed by atoms with Crippen molar-refractivity contribution in [1.29, 1.82) is 0 Å². The van der Waals surface area contributed by atoms with E-state index in [9.17, 15) is 10.2 Å². The van der Waals surface area contributed by atoms with Crippen molar-refractivity contribution in [3.05, 3.63) is 35.3 Å². The Morgan fingerprint density at radius 2 is 1.70 bits per heavy atom. The van der Waals surface area contributed by atoms with E-state index in [1.54, 1.807) is 6.08 Å². The molecular weight excluding hydrogens is 368 g/mol. The molecule has 2 fully saturated rings. The lowest BCUT2D eigenvalue weighted by molar-refractivity contribution is -0.0429. The highest BCUT2D eigenvalue weighted by molar-refractivity contribution is 5.45. The molecule has 168 valence electrons. The summed E-state index contributed by atoms with van der Waals surface area (Å²) >= 11 is 0. The van der Waals surface area contributed by atoms with Crippen molar-refractivity contribution in [2.45, 2.75) is 86.5 Å². The number of rotatable bonds is 5. The van der Waals surface area contributed by atoms with E-state index < -0.39 is 0 Å². The first-order valence-electron chi connectivity index (χ1n) is 12.6. The van der Waals surface area contributed by atoms with Gasteiger partial charge in [-0.1, -0.05) is 53.5 Å². The van der Waals surface area contributed by atoms with Gasteiger partial charge in [-0.05, 0) is 97.5 Å². The van der Waals surface area contributed by atoms with Crippen LogP contribution in [0.15, 0.2) is 35.3 Å². The summed E-state index contributed by atoms with van der Waals surface area (Å²) in [7, 11) is 0. The first kappa shape index (κ1) is 22.0. The Morgan fingerprint density at radius 3 is 2.40 bits per heavy atom. The molecular formula is C28H44O2. The fraction of sp³-hybridized carbons (Fsp3) is 0.786. The summed E-state index contributed by atoms with van der Waals surface area (Å²) < 4.78 is 0. The molecule has 0 saturated heterocycles. The third-order valence-corrected chi connectivity index (χ3v) is 10.5. The molecule has 30 heavy (non-hydrogen) atoms. The molecule has 2 N–H and O–H groups in total. The minimum atomic E-state index is -0.313. The fourth-order valence-electron chi connectivity index (χ4n) is 8.10.